The number of nitrogens with one attached hydrogen (secondary N) is 1. The molecule has 0 saturated carbocycles. The van der Waals surface area contributed by atoms with Gasteiger partial charge in [0, 0.05) is 15.1 Å². The highest BCUT2D eigenvalue weighted by Crippen LogP contribution is 2.31. The van der Waals surface area contributed by atoms with Crippen LogP contribution in [0.1, 0.15) is 16.1 Å². The molecule has 3 rings (SSSR count). The molecule has 0 unspecified atom stereocenters. The maximum Gasteiger partial charge on any atom is 0.275 e. The number of amides is 1. The molecule has 0 bridgehead atoms. The Bertz CT molecular complexity index is 1000. The Balaban J connectivity index is 1.71. The Hall–Kier alpha value is -2.28. The van der Waals surface area contributed by atoms with Crippen LogP contribution in [-0.4, -0.2) is 17.2 Å². The maximum absolute atomic E-state index is 12.0. The van der Waals surface area contributed by atoms with E-state index in [1.165, 1.54) is 18.3 Å². The lowest BCUT2D eigenvalue weighted by molar-refractivity contribution is 0.0952. The summed E-state index contributed by atoms with van der Waals surface area (Å²) in [6.07, 6.45) is 1.35. The van der Waals surface area contributed by atoms with E-state index in [0.717, 1.165) is 0 Å². The molecule has 132 valence electrons. The smallest absolute Gasteiger partial charge is 0.275 e. The first kappa shape index (κ1) is 18.5. The third-order valence-electron chi connectivity index (χ3n) is 3.38. The number of hydrogen-bond acceptors (Lipinski definition) is 4. The number of furan rings is 1. The fraction of sp³-hybridized carbons (Fsp3) is 0. The van der Waals surface area contributed by atoms with Crippen LogP contribution >= 0.6 is 39.1 Å². The van der Waals surface area contributed by atoms with E-state index >= 15 is 0 Å². The highest BCUT2D eigenvalue weighted by atomic mass is 79.9. The number of nitrogens with zero attached hydrogens (tertiary/aromatic N) is 1. The summed E-state index contributed by atoms with van der Waals surface area (Å²) in [5.74, 6) is 0.278. The zero-order valence-corrected chi connectivity index (χ0v) is 16.1. The van der Waals surface area contributed by atoms with Gasteiger partial charge in [-0.1, -0.05) is 39.1 Å². The van der Waals surface area contributed by atoms with Crippen molar-refractivity contribution < 1.29 is 14.3 Å². The summed E-state index contributed by atoms with van der Waals surface area (Å²) >= 11 is 15.3. The molecule has 1 heterocycles. The predicted octanol–water partition coefficient (Wildman–Crippen LogP) is 5.49. The van der Waals surface area contributed by atoms with Crippen LogP contribution in [0.4, 0.5) is 0 Å². The van der Waals surface area contributed by atoms with Crippen molar-refractivity contribution in [3.05, 3.63) is 74.4 Å². The number of aromatic hydroxyl groups is 1. The third-order valence-corrected chi connectivity index (χ3v) is 4.43. The second kappa shape index (κ2) is 7.95. The molecule has 26 heavy (non-hydrogen) atoms. The second-order valence-corrected chi connectivity index (χ2v) is 6.95. The summed E-state index contributed by atoms with van der Waals surface area (Å²) in [5.41, 5.74) is 3.12. The number of halogens is 3. The van der Waals surface area contributed by atoms with Gasteiger partial charge >= 0.3 is 0 Å². The van der Waals surface area contributed by atoms with Gasteiger partial charge in [-0.25, -0.2) is 5.43 Å². The molecule has 2 N–H and O–H groups in total. The largest absolute Gasteiger partial charge is 0.507 e. The fourth-order valence-corrected chi connectivity index (χ4v) is 3.02. The first-order valence-electron chi connectivity index (χ1n) is 7.31. The summed E-state index contributed by atoms with van der Waals surface area (Å²) in [6, 6.07) is 13.0. The van der Waals surface area contributed by atoms with Gasteiger partial charge in [-0.15, -0.1) is 0 Å². The molecule has 3 aromatic rings. The van der Waals surface area contributed by atoms with Crippen LogP contribution in [0.15, 0.2) is 62.5 Å². The first-order valence-corrected chi connectivity index (χ1v) is 8.86. The van der Waals surface area contributed by atoms with E-state index in [1.54, 1.807) is 36.4 Å². The van der Waals surface area contributed by atoms with Crippen LogP contribution < -0.4 is 5.43 Å². The van der Waals surface area contributed by atoms with Gasteiger partial charge in [-0.05, 0) is 48.5 Å². The number of phenolic OH excluding ortho intramolecular Hbond substituents is 1. The lowest BCUT2D eigenvalue weighted by Gasteiger charge is -2.03. The van der Waals surface area contributed by atoms with E-state index in [2.05, 4.69) is 26.5 Å². The van der Waals surface area contributed by atoms with Crippen molar-refractivity contribution in [2.45, 2.75) is 0 Å². The lowest BCUT2D eigenvalue weighted by atomic mass is 10.2. The maximum atomic E-state index is 12.0. The van der Waals surface area contributed by atoms with E-state index in [9.17, 15) is 9.90 Å². The average molecular weight is 454 g/mol. The normalized spacial score (nSPS) is 11.0. The van der Waals surface area contributed by atoms with Crippen LogP contribution in [-0.2, 0) is 0 Å². The topological polar surface area (TPSA) is 74.8 Å². The predicted molar refractivity (Wildman–Crippen MR) is 105 cm³/mol. The molecule has 0 aliphatic heterocycles. The van der Waals surface area contributed by atoms with Crippen LogP contribution in [0.2, 0.25) is 10.0 Å². The zero-order valence-electron chi connectivity index (χ0n) is 13.0. The molecule has 1 aromatic heterocycles. The Morgan fingerprint density at radius 3 is 2.73 bits per heavy atom. The van der Waals surface area contributed by atoms with Crippen LogP contribution in [0, 0.1) is 0 Å². The Morgan fingerprint density at radius 1 is 1.15 bits per heavy atom. The monoisotopic (exact) mass is 452 g/mol. The standard InChI is InChI=1S/C18H11BrCl2N2O3/c19-10-1-5-16(24)14(7-10)18(25)23-22-9-12-3-6-17(26-12)13-4-2-11(20)8-15(13)21/h1-9,24H,(H,23,25)/b22-9-. The molecule has 2 aromatic carbocycles. The van der Waals surface area contributed by atoms with E-state index in [0.29, 0.717) is 31.6 Å². The highest BCUT2D eigenvalue weighted by Gasteiger charge is 2.11. The van der Waals surface area contributed by atoms with Gasteiger partial charge in [0.1, 0.15) is 17.3 Å². The number of benzene rings is 2. The summed E-state index contributed by atoms with van der Waals surface area (Å²) < 4.78 is 6.30. The van der Waals surface area contributed by atoms with Crippen LogP contribution in [0.3, 0.4) is 0 Å². The molecule has 1 amide bonds. The summed E-state index contributed by atoms with van der Waals surface area (Å²) in [6.45, 7) is 0. The molecule has 0 radical (unpaired) electrons. The van der Waals surface area contributed by atoms with Crippen molar-refractivity contribution in [2.75, 3.05) is 0 Å². The molecule has 5 nitrogen and oxygen atoms in total. The third kappa shape index (κ3) is 4.27. The molecule has 0 fully saturated rings. The zero-order chi connectivity index (χ0) is 18.7. The van der Waals surface area contributed by atoms with Crippen molar-refractivity contribution in [2.24, 2.45) is 5.10 Å². The van der Waals surface area contributed by atoms with Crippen LogP contribution in [0.25, 0.3) is 11.3 Å². The summed E-state index contributed by atoms with van der Waals surface area (Å²) in [5, 5.41) is 14.6. The van der Waals surface area contributed by atoms with Crippen molar-refractivity contribution >= 4 is 51.3 Å². The van der Waals surface area contributed by atoms with Crippen LogP contribution in [0.5, 0.6) is 5.75 Å². The number of phenols is 1. The van der Waals surface area contributed by atoms with E-state index in [-0.39, 0.29) is 11.3 Å². The van der Waals surface area contributed by atoms with E-state index in [1.807, 2.05) is 0 Å². The summed E-state index contributed by atoms with van der Waals surface area (Å²) in [4.78, 5) is 12.0. The van der Waals surface area contributed by atoms with Gasteiger partial charge in [-0.3, -0.25) is 4.79 Å². The molecule has 0 saturated heterocycles. The molecule has 0 spiro atoms. The van der Waals surface area contributed by atoms with Gasteiger partial charge in [0.05, 0.1) is 16.8 Å². The van der Waals surface area contributed by atoms with E-state index < -0.39 is 5.91 Å². The number of hydrogen-bond donors (Lipinski definition) is 2. The van der Waals surface area contributed by atoms with Gasteiger partial charge < -0.3 is 9.52 Å². The Kier molecular flexibility index (Phi) is 5.66. The van der Waals surface area contributed by atoms with Crippen molar-refractivity contribution in [3.63, 3.8) is 0 Å². The van der Waals surface area contributed by atoms with E-state index in [4.69, 9.17) is 27.6 Å². The SMILES string of the molecule is O=C(N/N=C\c1ccc(-c2ccc(Cl)cc2Cl)o1)c1cc(Br)ccc1O. The van der Waals surface area contributed by atoms with Crippen molar-refractivity contribution in [1.29, 1.82) is 0 Å². The molecular weight excluding hydrogens is 443 g/mol. The number of carbonyl (C=O) groups is 1. The minimum Gasteiger partial charge on any atom is -0.507 e. The second-order valence-electron chi connectivity index (χ2n) is 5.19. The molecule has 0 aliphatic rings. The van der Waals surface area contributed by atoms with Gasteiger partial charge in [-0.2, -0.15) is 5.10 Å². The van der Waals surface area contributed by atoms with Gasteiger partial charge in [0.25, 0.3) is 5.91 Å². The first-order chi connectivity index (χ1) is 12.4. The minimum absolute atomic E-state index is 0.101. The molecular formula is C18H11BrCl2N2O3. The average Bonchev–Trinajstić information content (AvgIpc) is 3.05. The fourth-order valence-electron chi connectivity index (χ4n) is 2.16. The Labute approximate surface area is 167 Å². The number of rotatable bonds is 4. The lowest BCUT2D eigenvalue weighted by Crippen LogP contribution is -2.17. The minimum atomic E-state index is -0.549. The molecule has 0 aliphatic carbocycles. The van der Waals surface area contributed by atoms with Crippen molar-refractivity contribution in [1.82, 2.24) is 5.43 Å². The van der Waals surface area contributed by atoms with Gasteiger partial charge in [0.2, 0.25) is 0 Å². The number of carbonyl (C=O) groups excluding carboxylic acids is 1. The summed E-state index contributed by atoms with van der Waals surface area (Å²) in [7, 11) is 0. The molecule has 8 heteroatoms. The molecule has 0 atom stereocenters. The highest BCUT2D eigenvalue weighted by molar-refractivity contribution is 9.10. The van der Waals surface area contributed by atoms with Crippen molar-refractivity contribution in [3.8, 4) is 17.1 Å². The Morgan fingerprint density at radius 2 is 1.96 bits per heavy atom. The quantitative estimate of drug-likeness (QED) is 0.405. The van der Waals surface area contributed by atoms with Gasteiger partial charge in [0.15, 0.2) is 0 Å². The number of hydrazone groups is 1.